The van der Waals surface area contributed by atoms with Crippen LogP contribution in [0.5, 0.6) is 0 Å². The zero-order valence-electron chi connectivity index (χ0n) is 11.2. The second kappa shape index (κ2) is 7.29. The molecule has 0 aromatic carbocycles. The zero-order valence-corrected chi connectivity index (χ0v) is 11.2. The van der Waals surface area contributed by atoms with E-state index in [4.69, 9.17) is 0 Å². The lowest BCUT2D eigenvalue weighted by atomic mass is 9.87. The fourth-order valence-corrected chi connectivity index (χ4v) is 2.75. The molecule has 0 amide bonds. The smallest absolute Gasteiger partial charge is 0.0692 e. The van der Waals surface area contributed by atoms with Gasteiger partial charge in [-0.15, -0.1) is 0 Å². The fraction of sp³-hybridized carbons (Fsp3) is 1.00. The molecule has 2 nitrogen and oxygen atoms in total. The highest BCUT2D eigenvalue weighted by Gasteiger charge is 2.20. The molecular weight excluding hydrogens is 198 g/mol. The minimum absolute atomic E-state index is 0.158. The van der Waals surface area contributed by atoms with Gasteiger partial charge >= 0.3 is 0 Å². The Morgan fingerprint density at radius 2 is 1.69 bits per heavy atom. The molecule has 0 aromatic rings. The summed E-state index contributed by atoms with van der Waals surface area (Å²) in [6, 6.07) is 0.653. The van der Waals surface area contributed by atoms with Crippen LogP contribution in [0, 0.1) is 11.8 Å². The van der Waals surface area contributed by atoms with Crippen LogP contribution >= 0.6 is 0 Å². The van der Waals surface area contributed by atoms with Crippen LogP contribution < -0.4 is 5.32 Å². The van der Waals surface area contributed by atoms with Gasteiger partial charge in [-0.3, -0.25) is 0 Å². The Bertz CT molecular complexity index is 172. The average molecular weight is 227 g/mol. The van der Waals surface area contributed by atoms with Crippen LogP contribution in [0.4, 0.5) is 0 Å². The van der Waals surface area contributed by atoms with Crippen LogP contribution in [0.3, 0.4) is 0 Å². The summed E-state index contributed by atoms with van der Waals surface area (Å²) < 4.78 is 0. The van der Waals surface area contributed by atoms with E-state index in [-0.39, 0.29) is 6.10 Å². The summed E-state index contributed by atoms with van der Waals surface area (Å²) in [6.45, 7) is 7.46. The molecule has 1 unspecified atom stereocenters. The predicted molar refractivity (Wildman–Crippen MR) is 69.5 cm³/mol. The van der Waals surface area contributed by atoms with Crippen molar-refractivity contribution in [2.45, 2.75) is 71.4 Å². The number of rotatable bonds is 6. The Morgan fingerprint density at radius 1 is 1.12 bits per heavy atom. The molecule has 16 heavy (non-hydrogen) atoms. The first-order chi connectivity index (χ1) is 7.67. The maximum Gasteiger partial charge on any atom is 0.0692 e. The summed E-state index contributed by atoms with van der Waals surface area (Å²) in [5, 5.41) is 13.6. The van der Waals surface area contributed by atoms with Crippen molar-refractivity contribution < 1.29 is 5.11 Å². The first-order valence-corrected chi connectivity index (χ1v) is 7.08. The lowest BCUT2D eigenvalue weighted by Crippen LogP contribution is -2.40. The molecular formula is C14H29NO. The van der Waals surface area contributed by atoms with Gasteiger partial charge in [0.25, 0.3) is 0 Å². The van der Waals surface area contributed by atoms with Crippen molar-refractivity contribution in [3.05, 3.63) is 0 Å². The largest absolute Gasteiger partial charge is 0.392 e. The molecule has 0 aromatic heterocycles. The molecule has 0 bridgehead atoms. The third kappa shape index (κ3) is 4.42. The summed E-state index contributed by atoms with van der Waals surface area (Å²) in [5.74, 6) is 1.37. The van der Waals surface area contributed by atoms with Gasteiger partial charge < -0.3 is 10.4 Å². The molecule has 1 atom stereocenters. The van der Waals surface area contributed by atoms with Crippen LogP contribution in [0.15, 0.2) is 0 Å². The standard InChI is InChI=1S/C14H29NO/c1-4-12(5-2)14(16)10-15-13-8-6-11(3)7-9-13/h11-16H,4-10H2,1-3H3. The van der Waals surface area contributed by atoms with E-state index >= 15 is 0 Å². The Labute approximate surface area is 101 Å². The van der Waals surface area contributed by atoms with Gasteiger partial charge in [-0.2, -0.15) is 0 Å². The Balaban J connectivity index is 2.18. The van der Waals surface area contributed by atoms with Crippen LogP contribution in [-0.4, -0.2) is 23.8 Å². The summed E-state index contributed by atoms with van der Waals surface area (Å²) >= 11 is 0. The number of aliphatic hydroxyl groups excluding tert-OH is 1. The topological polar surface area (TPSA) is 32.3 Å². The van der Waals surface area contributed by atoms with Crippen LogP contribution in [-0.2, 0) is 0 Å². The summed E-state index contributed by atoms with van der Waals surface area (Å²) in [4.78, 5) is 0. The van der Waals surface area contributed by atoms with Crippen molar-refractivity contribution in [3.8, 4) is 0 Å². The molecule has 1 rings (SSSR count). The van der Waals surface area contributed by atoms with E-state index in [9.17, 15) is 5.11 Å². The molecule has 1 fully saturated rings. The van der Waals surface area contributed by atoms with Gasteiger partial charge in [0, 0.05) is 12.6 Å². The SMILES string of the molecule is CCC(CC)C(O)CNC1CCC(C)CC1. The molecule has 1 saturated carbocycles. The molecule has 0 aliphatic heterocycles. The van der Waals surface area contributed by atoms with Crippen molar-refractivity contribution >= 4 is 0 Å². The van der Waals surface area contributed by atoms with Gasteiger partial charge in [-0.05, 0) is 37.5 Å². The van der Waals surface area contributed by atoms with Gasteiger partial charge in [-0.25, -0.2) is 0 Å². The van der Waals surface area contributed by atoms with E-state index in [1.165, 1.54) is 25.7 Å². The molecule has 1 aliphatic rings. The number of hydrogen-bond acceptors (Lipinski definition) is 2. The first kappa shape index (κ1) is 14.0. The van der Waals surface area contributed by atoms with Crippen molar-refractivity contribution in [3.63, 3.8) is 0 Å². The van der Waals surface area contributed by atoms with Crippen LogP contribution in [0.2, 0.25) is 0 Å². The Morgan fingerprint density at radius 3 is 2.19 bits per heavy atom. The van der Waals surface area contributed by atoms with Crippen LogP contribution in [0.1, 0.15) is 59.3 Å². The highest BCUT2D eigenvalue weighted by Crippen LogP contribution is 2.23. The van der Waals surface area contributed by atoms with Crippen LogP contribution in [0.25, 0.3) is 0 Å². The highest BCUT2D eigenvalue weighted by molar-refractivity contribution is 4.77. The second-order valence-electron chi connectivity index (χ2n) is 5.51. The van der Waals surface area contributed by atoms with E-state index in [2.05, 4.69) is 26.1 Å². The zero-order chi connectivity index (χ0) is 12.0. The monoisotopic (exact) mass is 227 g/mol. The van der Waals surface area contributed by atoms with Crippen molar-refractivity contribution in [1.29, 1.82) is 0 Å². The fourth-order valence-electron chi connectivity index (χ4n) is 2.75. The number of hydrogen-bond donors (Lipinski definition) is 2. The lowest BCUT2D eigenvalue weighted by molar-refractivity contribution is 0.0955. The van der Waals surface area contributed by atoms with Crippen molar-refractivity contribution in [1.82, 2.24) is 5.32 Å². The number of nitrogens with one attached hydrogen (secondary N) is 1. The van der Waals surface area contributed by atoms with E-state index in [1.54, 1.807) is 0 Å². The van der Waals surface area contributed by atoms with E-state index < -0.39 is 0 Å². The maximum absolute atomic E-state index is 10.0. The van der Waals surface area contributed by atoms with Gasteiger partial charge in [0.1, 0.15) is 0 Å². The third-order valence-corrected chi connectivity index (χ3v) is 4.22. The molecule has 0 heterocycles. The average Bonchev–Trinajstić information content (AvgIpc) is 2.30. The molecule has 0 saturated heterocycles. The quantitative estimate of drug-likeness (QED) is 0.731. The van der Waals surface area contributed by atoms with Crippen molar-refractivity contribution in [2.24, 2.45) is 11.8 Å². The lowest BCUT2D eigenvalue weighted by Gasteiger charge is -2.29. The molecule has 1 aliphatic carbocycles. The number of aliphatic hydroxyl groups is 1. The second-order valence-corrected chi connectivity index (χ2v) is 5.51. The Kier molecular flexibility index (Phi) is 6.37. The van der Waals surface area contributed by atoms with E-state index in [0.29, 0.717) is 12.0 Å². The summed E-state index contributed by atoms with van der Waals surface area (Å²) in [6.07, 6.45) is 7.28. The van der Waals surface area contributed by atoms with Gasteiger partial charge in [-0.1, -0.05) is 33.6 Å². The predicted octanol–water partition coefficient (Wildman–Crippen LogP) is 2.95. The summed E-state index contributed by atoms with van der Waals surface area (Å²) in [7, 11) is 0. The Hall–Kier alpha value is -0.0800. The normalized spacial score (nSPS) is 28.3. The molecule has 96 valence electrons. The highest BCUT2D eigenvalue weighted by atomic mass is 16.3. The van der Waals surface area contributed by atoms with Crippen molar-refractivity contribution in [2.75, 3.05) is 6.54 Å². The van der Waals surface area contributed by atoms with E-state index in [1.807, 2.05) is 0 Å². The minimum Gasteiger partial charge on any atom is -0.392 e. The first-order valence-electron chi connectivity index (χ1n) is 7.08. The molecule has 0 radical (unpaired) electrons. The van der Waals surface area contributed by atoms with Gasteiger partial charge in [0.05, 0.1) is 6.10 Å². The molecule has 2 heteroatoms. The summed E-state index contributed by atoms with van der Waals surface area (Å²) in [5.41, 5.74) is 0. The molecule has 2 N–H and O–H groups in total. The van der Waals surface area contributed by atoms with E-state index in [0.717, 1.165) is 25.3 Å². The molecule has 0 spiro atoms. The maximum atomic E-state index is 10.0. The van der Waals surface area contributed by atoms with Gasteiger partial charge in [0.15, 0.2) is 0 Å². The third-order valence-electron chi connectivity index (χ3n) is 4.22. The van der Waals surface area contributed by atoms with Gasteiger partial charge in [0.2, 0.25) is 0 Å². The minimum atomic E-state index is -0.158.